The van der Waals surface area contributed by atoms with Crippen molar-refractivity contribution in [2.45, 2.75) is 32.1 Å². The first-order valence-electron chi connectivity index (χ1n) is 5.80. The molecule has 1 aliphatic carbocycles. The van der Waals surface area contributed by atoms with E-state index < -0.39 is 0 Å². The fourth-order valence-electron chi connectivity index (χ4n) is 1.95. The van der Waals surface area contributed by atoms with Crippen molar-refractivity contribution in [1.82, 2.24) is 5.32 Å². The van der Waals surface area contributed by atoms with Gasteiger partial charge >= 0.3 is 0 Å². The summed E-state index contributed by atoms with van der Waals surface area (Å²) in [6.45, 7) is 2.74. The van der Waals surface area contributed by atoms with E-state index in [4.69, 9.17) is 4.74 Å². The molecule has 1 fully saturated rings. The van der Waals surface area contributed by atoms with Gasteiger partial charge in [-0.1, -0.05) is 31.4 Å². The smallest absolute Gasteiger partial charge is 0.0587 e. The minimum atomic E-state index is 0.803. The first kappa shape index (κ1) is 11.7. The lowest BCUT2D eigenvalue weighted by Gasteiger charge is -2.17. The molecule has 2 heteroatoms. The molecule has 0 aliphatic heterocycles. The van der Waals surface area contributed by atoms with Gasteiger partial charge in [-0.25, -0.2) is 0 Å². The summed E-state index contributed by atoms with van der Waals surface area (Å²) in [4.78, 5) is 0. The highest BCUT2D eigenvalue weighted by Gasteiger charge is 2.08. The zero-order chi connectivity index (χ0) is 10.1. The van der Waals surface area contributed by atoms with Crippen LogP contribution < -0.4 is 5.32 Å². The number of allylic oxidation sites excluding steroid dienone is 1. The standard InChI is InChI=1S/C12H23NO/c1-14-11-10-13-9-5-8-12-6-3-2-4-7-12/h5,8,12-13H,2-4,6-7,9-11H2,1H3/b8-5+. The molecule has 0 spiro atoms. The van der Waals surface area contributed by atoms with Crippen LogP contribution in [0.5, 0.6) is 0 Å². The first-order valence-corrected chi connectivity index (χ1v) is 5.80. The van der Waals surface area contributed by atoms with Gasteiger partial charge in [-0.3, -0.25) is 0 Å². The van der Waals surface area contributed by atoms with Crippen LogP contribution in [0.15, 0.2) is 12.2 Å². The Labute approximate surface area is 87.7 Å². The third-order valence-electron chi connectivity index (χ3n) is 2.80. The third kappa shape index (κ3) is 5.40. The Bertz CT molecular complexity index is 150. The quantitative estimate of drug-likeness (QED) is 0.521. The van der Waals surface area contributed by atoms with Gasteiger partial charge in [0.05, 0.1) is 6.61 Å². The van der Waals surface area contributed by atoms with E-state index in [0.717, 1.165) is 25.6 Å². The Kier molecular flexibility index (Phi) is 6.71. The first-order chi connectivity index (χ1) is 6.93. The zero-order valence-electron chi connectivity index (χ0n) is 9.30. The lowest BCUT2D eigenvalue weighted by molar-refractivity contribution is 0.200. The van der Waals surface area contributed by atoms with Crippen LogP contribution in [0.3, 0.4) is 0 Å². The number of ether oxygens (including phenoxy) is 1. The van der Waals surface area contributed by atoms with E-state index in [1.807, 2.05) is 0 Å². The number of methoxy groups -OCH3 is 1. The number of rotatable bonds is 6. The van der Waals surface area contributed by atoms with Gasteiger partial charge in [0.15, 0.2) is 0 Å². The Morgan fingerprint density at radius 3 is 2.79 bits per heavy atom. The molecule has 0 saturated heterocycles. The SMILES string of the molecule is COCCNC/C=C/C1CCCCC1. The average molecular weight is 197 g/mol. The van der Waals surface area contributed by atoms with Crippen molar-refractivity contribution in [3.05, 3.63) is 12.2 Å². The van der Waals surface area contributed by atoms with Gasteiger partial charge in [0, 0.05) is 20.2 Å². The molecule has 0 aromatic heterocycles. The van der Waals surface area contributed by atoms with Gasteiger partial charge in [-0.05, 0) is 18.8 Å². The van der Waals surface area contributed by atoms with E-state index >= 15 is 0 Å². The second-order valence-electron chi connectivity index (χ2n) is 4.02. The van der Waals surface area contributed by atoms with Crippen LogP contribution in [0.2, 0.25) is 0 Å². The normalized spacial score (nSPS) is 19.2. The summed E-state index contributed by atoms with van der Waals surface area (Å²) in [5, 5.41) is 3.31. The zero-order valence-corrected chi connectivity index (χ0v) is 9.30. The molecule has 1 rings (SSSR count). The minimum absolute atomic E-state index is 0.803. The van der Waals surface area contributed by atoms with Crippen LogP contribution in [0, 0.1) is 5.92 Å². The van der Waals surface area contributed by atoms with Crippen molar-refractivity contribution >= 4 is 0 Å². The van der Waals surface area contributed by atoms with Gasteiger partial charge in [-0.15, -0.1) is 0 Å². The summed E-state index contributed by atoms with van der Waals surface area (Å²) in [7, 11) is 1.74. The molecule has 1 aliphatic rings. The highest BCUT2D eigenvalue weighted by Crippen LogP contribution is 2.24. The molecule has 0 amide bonds. The van der Waals surface area contributed by atoms with Crippen molar-refractivity contribution in [2.75, 3.05) is 26.8 Å². The number of hydrogen-bond acceptors (Lipinski definition) is 2. The van der Waals surface area contributed by atoms with Crippen LogP contribution in [0.1, 0.15) is 32.1 Å². The third-order valence-corrected chi connectivity index (χ3v) is 2.80. The Morgan fingerprint density at radius 2 is 2.07 bits per heavy atom. The monoisotopic (exact) mass is 197 g/mol. The highest BCUT2D eigenvalue weighted by atomic mass is 16.5. The molecule has 82 valence electrons. The van der Waals surface area contributed by atoms with Gasteiger partial charge in [0.2, 0.25) is 0 Å². The molecule has 0 atom stereocenters. The van der Waals surface area contributed by atoms with E-state index in [1.54, 1.807) is 7.11 Å². The molecule has 1 saturated carbocycles. The summed E-state index contributed by atoms with van der Waals surface area (Å²) in [5.74, 6) is 0.855. The second kappa shape index (κ2) is 8.01. The van der Waals surface area contributed by atoms with Crippen LogP contribution >= 0.6 is 0 Å². The molecule has 1 N–H and O–H groups in total. The molecule has 14 heavy (non-hydrogen) atoms. The van der Waals surface area contributed by atoms with E-state index in [0.29, 0.717) is 0 Å². The fourth-order valence-corrected chi connectivity index (χ4v) is 1.95. The number of hydrogen-bond donors (Lipinski definition) is 1. The summed E-state index contributed by atoms with van der Waals surface area (Å²) in [5.41, 5.74) is 0. The number of nitrogens with one attached hydrogen (secondary N) is 1. The molecule has 0 radical (unpaired) electrons. The van der Waals surface area contributed by atoms with Crippen LogP contribution in [-0.2, 0) is 4.74 Å². The molecular formula is C12H23NO. The lowest BCUT2D eigenvalue weighted by Crippen LogP contribution is -2.19. The van der Waals surface area contributed by atoms with Crippen molar-refractivity contribution in [3.63, 3.8) is 0 Å². The fraction of sp³-hybridized carbons (Fsp3) is 0.833. The maximum absolute atomic E-state index is 4.95. The van der Waals surface area contributed by atoms with Gasteiger partial charge < -0.3 is 10.1 Å². The van der Waals surface area contributed by atoms with Gasteiger partial charge in [0.1, 0.15) is 0 Å². The molecule has 0 aromatic carbocycles. The summed E-state index contributed by atoms with van der Waals surface area (Å²) in [6.07, 6.45) is 11.7. The van der Waals surface area contributed by atoms with Crippen molar-refractivity contribution in [2.24, 2.45) is 5.92 Å². The largest absolute Gasteiger partial charge is 0.383 e. The molecular weight excluding hydrogens is 174 g/mol. The van der Waals surface area contributed by atoms with E-state index in [9.17, 15) is 0 Å². The molecule has 0 bridgehead atoms. The maximum atomic E-state index is 4.95. The van der Waals surface area contributed by atoms with Crippen LogP contribution in [0.4, 0.5) is 0 Å². The Hall–Kier alpha value is -0.340. The summed E-state index contributed by atoms with van der Waals surface area (Å²) in [6, 6.07) is 0. The molecule has 2 nitrogen and oxygen atoms in total. The van der Waals surface area contributed by atoms with E-state index in [1.165, 1.54) is 32.1 Å². The average Bonchev–Trinajstić information content (AvgIpc) is 2.25. The molecule has 0 unspecified atom stereocenters. The maximum Gasteiger partial charge on any atom is 0.0587 e. The Morgan fingerprint density at radius 1 is 1.29 bits per heavy atom. The predicted molar refractivity (Wildman–Crippen MR) is 60.5 cm³/mol. The lowest BCUT2D eigenvalue weighted by atomic mass is 9.89. The van der Waals surface area contributed by atoms with Crippen LogP contribution in [-0.4, -0.2) is 26.8 Å². The minimum Gasteiger partial charge on any atom is -0.383 e. The topological polar surface area (TPSA) is 21.3 Å². The predicted octanol–water partition coefficient (Wildman–Crippen LogP) is 2.36. The summed E-state index contributed by atoms with van der Waals surface area (Å²) < 4.78 is 4.95. The van der Waals surface area contributed by atoms with Crippen LogP contribution in [0.25, 0.3) is 0 Å². The second-order valence-corrected chi connectivity index (χ2v) is 4.02. The van der Waals surface area contributed by atoms with Gasteiger partial charge in [-0.2, -0.15) is 0 Å². The Balaban J connectivity index is 1.96. The van der Waals surface area contributed by atoms with Crippen molar-refractivity contribution in [3.8, 4) is 0 Å². The highest BCUT2D eigenvalue weighted by molar-refractivity contribution is 4.91. The molecule has 0 heterocycles. The van der Waals surface area contributed by atoms with Crippen molar-refractivity contribution < 1.29 is 4.74 Å². The summed E-state index contributed by atoms with van der Waals surface area (Å²) >= 11 is 0. The van der Waals surface area contributed by atoms with Crippen molar-refractivity contribution in [1.29, 1.82) is 0 Å². The van der Waals surface area contributed by atoms with E-state index in [2.05, 4.69) is 17.5 Å². The molecule has 0 aromatic rings. The van der Waals surface area contributed by atoms with Gasteiger partial charge in [0.25, 0.3) is 0 Å². The van der Waals surface area contributed by atoms with E-state index in [-0.39, 0.29) is 0 Å².